The average molecular weight is 1740 g/mol. The third-order valence-electron chi connectivity index (χ3n) is 23.8. The quantitative estimate of drug-likeness (QED) is 0.0527. The third kappa shape index (κ3) is 16.2. The van der Waals surface area contributed by atoms with Gasteiger partial charge >= 0.3 is 0 Å². The van der Waals surface area contributed by atoms with Gasteiger partial charge in [-0.1, -0.05) is 94.9 Å². The number of fused-ring (bicyclic) bond motifs is 8. The zero-order valence-corrected chi connectivity index (χ0v) is 67.8. The number of aromatic nitrogens is 4. The normalized spacial score (nSPS) is 22.9. The number of ether oxygens (including phenoxy) is 4. The molecule has 0 radical (unpaired) electrons. The second-order valence-electron chi connectivity index (χ2n) is 31.3. The van der Waals surface area contributed by atoms with E-state index in [0.717, 1.165) is 0 Å². The third-order valence-corrected chi connectivity index (χ3v) is 24.9. The molecule has 4 aromatic carbocycles. The average Bonchev–Trinajstić information content (AvgIpc) is 0.748. The van der Waals surface area contributed by atoms with Gasteiger partial charge in [0.15, 0.2) is 46.1 Å². The Morgan fingerprint density at radius 2 is 0.550 bits per heavy atom. The largest absolute Gasteiger partial charge is 0.503 e. The van der Waals surface area contributed by atoms with Crippen molar-refractivity contribution in [2.45, 2.75) is 156 Å². The molecular weight excluding hydrogens is 1660 g/mol. The van der Waals surface area contributed by atoms with Crippen molar-refractivity contribution in [2.24, 2.45) is 21.7 Å². The summed E-state index contributed by atoms with van der Waals surface area (Å²) in [4.78, 5) is 153. The van der Waals surface area contributed by atoms with Gasteiger partial charge in [-0.25, -0.2) is 17.6 Å². The summed E-state index contributed by atoms with van der Waals surface area (Å²) in [7, 11) is 0. The summed E-state index contributed by atoms with van der Waals surface area (Å²) in [6.45, 7) is 9.30. The molecule has 4 fully saturated rings. The molecule has 8 atom stereocenters. The van der Waals surface area contributed by atoms with Crippen LogP contribution in [0.4, 0.5) is 17.6 Å². The molecule has 8 aromatic rings. The summed E-state index contributed by atoms with van der Waals surface area (Å²) in [6.07, 6.45) is 8.57. The first kappa shape index (κ1) is 87.0. The van der Waals surface area contributed by atoms with Crippen LogP contribution >= 0.6 is 46.4 Å². The molecule has 120 heavy (non-hydrogen) atoms. The van der Waals surface area contributed by atoms with Crippen molar-refractivity contribution in [1.29, 1.82) is 0 Å². The molecule has 0 aliphatic carbocycles. The molecule has 4 amide bonds. The van der Waals surface area contributed by atoms with Crippen LogP contribution in [0.2, 0.25) is 20.1 Å². The Morgan fingerprint density at radius 3 is 0.742 bits per heavy atom. The smallest absolute Gasteiger partial charge is 0.257 e. The van der Waals surface area contributed by atoms with E-state index in [1.165, 1.54) is 91.6 Å². The molecule has 4 aromatic heterocycles. The van der Waals surface area contributed by atoms with Crippen LogP contribution in [0.1, 0.15) is 185 Å². The molecular formula is C84H80Cl4F4N8O20. The number of carbonyl (C=O) groups excluding carboxylic acids is 8. The Morgan fingerprint density at radius 1 is 0.358 bits per heavy atom. The first-order valence-electron chi connectivity index (χ1n) is 38.3. The number of ketones is 4. The molecule has 632 valence electrons. The van der Waals surface area contributed by atoms with Crippen molar-refractivity contribution in [2.75, 3.05) is 26.4 Å². The number of Topliss-reactive ketones (excluding diaryl/α,β-unsaturated/α-hetero) is 4. The Labute approximate surface area is 700 Å². The van der Waals surface area contributed by atoms with Crippen molar-refractivity contribution in [3.63, 3.8) is 0 Å². The topological polar surface area (TPSA) is 391 Å². The summed E-state index contributed by atoms with van der Waals surface area (Å²) in [5, 5.41) is 51.3. The zero-order chi connectivity index (χ0) is 86.5. The Balaban J connectivity index is 0.000000138. The number of aromatic hydroxyl groups is 4. The van der Waals surface area contributed by atoms with Gasteiger partial charge in [0, 0.05) is 99.6 Å². The summed E-state index contributed by atoms with van der Waals surface area (Å²) in [5.41, 5.74) is -8.28. The minimum atomic E-state index is -0.947. The van der Waals surface area contributed by atoms with E-state index in [-0.39, 0.29) is 163 Å². The number of pyridine rings is 4. The number of amides is 4. The second kappa shape index (κ2) is 34.7. The van der Waals surface area contributed by atoms with Gasteiger partial charge in [0.05, 0.1) is 92.3 Å². The monoisotopic (exact) mass is 1740 g/mol. The molecule has 16 rings (SSSR count). The van der Waals surface area contributed by atoms with E-state index in [1.54, 1.807) is 52.0 Å². The lowest BCUT2D eigenvalue weighted by Gasteiger charge is -2.44. The predicted molar refractivity (Wildman–Crippen MR) is 425 cm³/mol. The van der Waals surface area contributed by atoms with Gasteiger partial charge in [0.2, 0.25) is 21.7 Å². The highest BCUT2D eigenvalue weighted by molar-refractivity contribution is 6.31. The molecule has 12 heterocycles. The maximum absolute atomic E-state index is 14.0. The molecule has 0 bridgehead atoms. The lowest BCUT2D eigenvalue weighted by molar-refractivity contribution is -0.0742. The van der Waals surface area contributed by atoms with E-state index < -0.39 is 138 Å². The SMILES string of the molecule is C[C@@]12CCCO[C@@H]1Cn1cc(C(=O)NCc3cccc(Cl)c3F)c(=O)c(O)c1C2=O.C[C@@]12CCCO[C@H]1Cn1cc(C(=O)NCc3cccc(Cl)c3F)c(=O)c(O)c1C2=O.C[C@]12CCCO[C@@H]1Cn1cc(C(=O)NCc3cccc(Cl)c3F)c(=O)c(O)c1C2=O.C[C@]12CCCO[C@H]1Cn1cc(C(=O)NCc3cccc(Cl)c3F)c(=O)c(O)c1C2=O. The van der Waals surface area contributed by atoms with Gasteiger partial charge in [-0.05, 0) is 103 Å². The number of hydrogen-bond donors (Lipinski definition) is 8. The Bertz CT molecular complexity index is 5160. The molecule has 0 unspecified atom stereocenters. The van der Waals surface area contributed by atoms with Gasteiger partial charge < -0.3 is 78.9 Å². The highest BCUT2D eigenvalue weighted by atomic mass is 35.5. The van der Waals surface area contributed by atoms with Gasteiger partial charge in [0.1, 0.15) is 68.3 Å². The number of halogens is 8. The van der Waals surface area contributed by atoms with E-state index >= 15 is 0 Å². The fourth-order valence-corrected chi connectivity index (χ4v) is 17.3. The van der Waals surface area contributed by atoms with Crippen LogP contribution in [0.15, 0.2) is 117 Å². The standard InChI is InChI=1S/4C21H20ClFN2O5/c4*1-21-6-3-7-30-14(21)10-25-9-12(17(26)18(27)16(25)19(21)28)20(29)24-8-11-4-2-5-13(22)15(11)23/h4*2,4-5,9,14,27H,3,6-8,10H2,1H3,(H,24,29)/t2*14-,21+;2*14-,21-/m1010/s1. The summed E-state index contributed by atoms with van der Waals surface area (Å²) < 4.78 is 84.7. The van der Waals surface area contributed by atoms with Crippen LogP contribution in [0.25, 0.3) is 0 Å². The highest BCUT2D eigenvalue weighted by Crippen LogP contribution is 2.47. The Kier molecular flexibility index (Phi) is 25.2. The number of benzene rings is 4. The lowest BCUT2D eigenvalue weighted by Crippen LogP contribution is -2.52. The minimum Gasteiger partial charge on any atom is -0.503 e. The van der Waals surface area contributed by atoms with Crippen molar-refractivity contribution in [3.05, 3.63) is 249 Å². The Hall–Kier alpha value is -10.8. The molecule has 8 N–H and O–H groups in total. The van der Waals surface area contributed by atoms with E-state index in [4.69, 9.17) is 65.4 Å². The fraction of sp³-hybridized carbons (Fsp3) is 0.381. The van der Waals surface area contributed by atoms with Crippen molar-refractivity contribution in [1.82, 2.24) is 39.5 Å². The number of carbonyl (C=O) groups is 8. The van der Waals surface area contributed by atoms with Crippen molar-refractivity contribution < 1.29 is 95.3 Å². The van der Waals surface area contributed by atoms with Crippen LogP contribution in [-0.2, 0) is 71.3 Å². The van der Waals surface area contributed by atoms with Crippen LogP contribution in [0.3, 0.4) is 0 Å². The lowest BCUT2D eigenvalue weighted by atomic mass is 9.71. The van der Waals surface area contributed by atoms with E-state index in [1.807, 2.05) is 0 Å². The summed E-state index contributed by atoms with van der Waals surface area (Å²) in [6, 6.07) is 17.5. The van der Waals surface area contributed by atoms with Gasteiger partial charge in [-0.15, -0.1) is 0 Å². The zero-order valence-electron chi connectivity index (χ0n) is 64.8. The highest BCUT2D eigenvalue weighted by Gasteiger charge is 2.54. The first-order valence-corrected chi connectivity index (χ1v) is 39.8. The predicted octanol–water partition coefficient (Wildman–Crippen LogP) is 10.6. The number of hydrogen-bond acceptors (Lipinski definition) is 20. The number of nitrogens with zero attached hydrogens (tertiary/aromatic N) is 4. The fourth-order valence-electron chi connectivity index (χ4n) is 16.5. The maximum Gasteiger partial charge on any atom is 0.257 e. The molecule has 8 aliphatic rings. The summed E-state index contributed by atoms with van der Waals surface area (Å²) in [5.74, 6) is -10.4. The van der Waals surface area contributed by atoms with Crippen molar-refractivity contribution >= 4 is 93.2 Å². The van der Waals surface area contributed by atoms with Gasteiger partial charge in [-0.3, -0.25) is 57.5 Å². The molecule has 36 heteroatoms. The molecule has 28 nitrogen and oxygen atoms in total. The van der Waals surface area contributed by atoms with Crippen LogP contribution in [0.5, 0.6) is 23.0 Å². The number of nitrogens with one attached hydrogen (secondary N) is 4. The molecule has 0 saturated carbocycles. The second-order valence-corrected chi connectivity index (χ2v) is 32.9. The number of rotatable bonds is 12. The van der Waals surface area contributed by atoms with Crippen molar-refractivity contribution in [3.8, 4) is 23.0 Å². The van der Waals surface area contributed by atoms with E-state index in [0.29, 0.717) is 77.8 Å². The summed E-state index contributed by atoms with van der Waals surface area (Å²) >= 11 is 22.9. The van der Waals surface area contributed by atoms with Crippen LogP contribution < -0.4 is 43.0 Å². The van der Waals surface area contributed by atoms with Gasteiger partial charge in [-0.2, -0.15) is 0 Å². The van der Waals surface area contributed by atoms with Gasteiger partial charge in [0.25, 0.3) is 23.6 Å². The van der Waals surface area contributed by atoms with E-state index in [9.17, 15) is 95.5 Å². The molecule has 4 saturated heterocycles. The minimum absolute atomic E-state index is 0.0812. The van der Waals surface area contributed by atoms with E-state index in [2.05, 4.69) is 21.3 Å². The maximum atomic E-state index is 14.0. The molecule has 0 spiro atoms. The van der Waals surface area contributed by atoms with Crippen LogP contribution in [0, 0.1) is 44.9 Å². The first-order chi connectivity index (χ1) is 56.9. The van der Waals surface area contributed by atoms with Crippen LogP contribution in [-0.4, -0.2) is 136 Å². The molecule has 8 aliphatic heterocycles.